The molecule has 18 nitrogen and oxygen atoms in total. The Balaban J connectivity index is 0.0000116. The van der Waals surface area contributed by atoms with Crippen molar-refractivity contribution in [3.8, 4) is 0 Å². The Labute approximate surface area is 409 Å². The van der Waals surface area contributed by atoms with Crippen molar-refractivity contribution < 1.29 is 71.2 Å². The number of hydrogen-bond acceptors (Lipinski definition) is 11. The van der Waals surface area contributed by atoms with E-state index >= 15 is 0 Å². The first kappa shape index (κ1) is 56.8. The number of nitrogens with zero attached hydrogens (tertiary/aromatic N) is 2. The molecule has 6 N–H and O–H groups in total. The minimum absolute atomic E-state index is 0. The van der Waals surface area contributed by atoms with Crippen LogP contribution in [0.2, 0.25) is 0 Å². The molecule has 2 aromatic rings. The Morgan fingerprint density at radius 1 is 0.712 bits per heavy atom. The van der Waals surface area contributed by atoms with Crippen molar-refractivity contribution >= 4 is 99.0 Å². The van der Waals surface area contributed by atoms with Crippen molar-refractivity contribution in [1.29, 1.82) is 0 Å². The molecule has 2 heterocycles. The molecule has 0 bridgehead atoms. The number of rotatable bonds is 24. The second-order valence-electron chi connectivity index (χ2n) is 16.9. The number of carboxylic acids is 1. The first-order chi connectivity index (χ1) is 30.0. The van der Waals surface area contributed by atoms with Crippen molar-refractivity contribution in [3.05, 3.63) is 95.3 Å². The van der Waals surface area contributed by atoms with E-state index in [2.05, 4.69) is 5.32 Å². The molecule has 0 unspecified atom stereocenters. The maximum atomic E-state index is 13.8. The molecule has 0 radical (unpaired) electrons. The van der Waals surface area contributed by atoms with E-state index in [4.69, 9.17) is 5.11 Å². The Kier molecular flexibility index (Phi) is 19.9. The van der Waals surface area contributed by atoms with Gasteiger partial charge in [0.25, 0.3) is 46.4 Å². The van der Waals surface area contributed by atoms with E-state index in [0.29, 0.717) is 72.4 Å². The predicted octanol–water partition coefficient (Wildman–Crippen LogP) is 5.12. The molecule has 1 amide bonds. The van der Waals surface area contributed by atoms with Crippen LogP contribution in [0.1, 0.15) is 96.6 Å². The predicted molar refractivity (Wildman–Crippen MR) is 252 cm³/mol. The van der Waals surface area contributed by atoms with Gasteiger partial charge in [0.2, 0.25) is 5.69 Å². The Hall–Kier alpha value is -3.55. The third-order valence-electron chi connectivity index (χ3n) is 11.3. The molecule has 0 aliphatic carbocycles. The number of aliphatic carboxylic acids is 1. The van der Waals surface area contributed by atoms with Crippen molar-refractivity contribution in [1.82, 2.24) is 5.32 Å². The van der Waals surface area contributed by atoms with Crippen molar-refractivity contribution in [2.75, 3.05) is 36.0 Å². The van der Waals surface area contributed by atoms with Gasteiger partial charge >= 0.3 is 35.5 Å². The number of benzene rings is 2. The van der Waals surface area contributed by atoms with E-state index in [-0.39, 0.29) is 83.8 Å². The van der Waals surface area contributed by atoms with Crippen LogP contribution in [-0.2, 0) is 60.9 Å². The molecule has 0 atom stereocenters. The number of carbonyl (C=O) groups is 2. The summed E-state index contributed by atoms with van der Waals surface area (Å²) in [5, 5.41) is 11.8. The van der Waals surface area contributed by atoms with Crippen LogP contribution in [0.25, 0.3) is 0 Å². The summed E-state index contributed by atoms with van der Waals surface area (Å²) in [5.41, 5.74) is 2.09. The summed E-state index contributed by atoms with van der Waals surface area (Å²) in [4.78, 5) is 25.9. The zero-order valence-electron chi connectivity index (χ0n) is 36.7. The number of nitrogens with one attached hydrogen (secondary N) is 1. The van der Waals surface area contributed by atoms with Gasteiger partial charge in [-0.1, -0.05) is 38.8 Å². The molecule has 2 aliphatic rings. The fourth-order valence-electron chi connectivity index (χ4n) is 7.97. The van der Waals surface area contributed by atoms with Crippen LogP contribution in [0, 0.1) is 0 Å². The number of carboxylic acid groups (broad SMARTS) is 1. The molecule has 360 valence electrons. The molecule has 0 spiro atoms. The zero-order valence-corrected chi connectivity index (χ0v) is 39.9. The van der Waals surface area contributed by atoms with Crippen molar-refractivity contribution in [2.45, 2.75) is 106 Å². The van der Waals surface area contributed by atoms with Gasteiger partial charge in [-0.2, -0.15) is 38.2 Å². The average Bonchev–Trinajstić information content (AvgIpc) is 3.52. The standard InChI is InChI=1S/C43H57N3O15S4.Na.H/c1-42(2)34-29-32(64(56,57)58)20-22-36(34)45(25-9-11-27-62(50,51)52)38(42)17-13-15-31(41(49)44-24-8-6-5-7-19-40(47)48)16-14-18-39-43(3,4)35-30-33(65(59,60)61)21-23-37(35)46(39)26-10-12-28-63(53,54)55;;/h13-18,20-23,29-30H,5-12,19,24-28H2,1-4H3,(H5-,44,47,48,49,50,51,52,53,54,55,56,57,58,59,60,61);;/p+1. The van der Waals surface area contributed by atoms with Crippen LogP contribution in [0.4, 0.5) is 11.4 Å². The summed E-state index contributed by atoms with van der Waals surface area (Å²) in [7, 11) is -17.6. The van der Waals surface area contributed by atoms with Gasteiger partial charge in [0.05, 0.1) is 26.7 Å². The monoisotopic (exact) mass is 1010 g/mol. The van der Waals surface area contributed by atoms with Crippen LogP contribution in [0.3, 0.4) is 0 Å². The summed E-state index contributed by atoms with van der Waals surface area (Å²) in [6, 6.07) is 8.34. The van der Waals surface area contributed by atoms with Crippen LogP contribution >= 0.6 is 0 Å². The summed E-state index contributed by atoms with van der Waals surface area (Å²) in [6.45, 7) is 8.18. The minimum atomic E-state index is -4.56. The normalized spacial score (nSPS) is 16.8. The zero-order chi connectivity index (χ0) is 48.6. The summed E-state index contributed by atoms with van der Waals surface area (Å²) in [5.74, 6) is -2.27. The molecule has 66 heavy (non-hydrogen) atoms. The second kappa shape index (κ2) is 23.2. The molecule has 4 rings (SSSR count). The number of hydrogen-bond donors (Lipinski definition) is 6. The molecule has 0 aromatic heterocycles. The number of amides is 1. The van der Waals surface area contributed by atoms with Gasteiger partial charge in [-0.3, -0.25) is 27.8 Å². The van der Waals surface area contributed by atoms with Crippen molar-refractivity contribution in [2.24, 2.45) is 0 Å². The fourth-order valence-corrected chi connectivity index (χ4v) is 10.1. The molecular formula is C43H59N3NaO15S4+. The first-order valence-corrected chi connectivity index (χ1v) is 27.0. The van der Waals surface area contributed by atoms with Gasteiger partial charge in [0, 0.05) is 66.0 Å². The van der Waals surface area contributed by atoms with Gasteiger partial charge < -0.3 is 15.3 Å². The van der Waals surface area contributed by atoms with Gasteiger partial charge in [0.1, 0.15) is 6.54 Å². The molecule has 0 fully saturated rings. The van der Waals surface area contributed by atoms with E-state index in [1.54, 1.807) is 48.6 Å². The van der Waals surface area contributed by atoms with Crippen LogP contribution < -0.4 is 10.2 Å². The quantitative estimate of drug-likeness (QED) is 0.0199. The van der Waals surface area contributed by atoms with Crippen molar-refractivity contribution in [3.63, 3.8) is 0 Å². The molecule has 0 saturated carbocycles. The molecular weight excluding hydrogens is 950 g/mol. The summed E-state index contributed by atoms with van der Waals surface area (Å²) in [6.07, 6.45) is 13.2. The first-order valence-electron chi connectivity index (χ1n) is 20.9. The number of fused-ring (bicyclic) bond motifs is 2. The number of anilines is 1. The fraction of sp³-hybridized carbons (Fsp3) is 0.465. The molecule has 2 aliphatic heterocycles. The number of allylic oxidation sites excluding steroid dienone is 6. The average molecular weight is 1010 g/mol. The Morgan fingerprint density at radius 2 is 1.29 bits per heavy atom. The Morgan fingerprint density at radius 3 is 1.88 bits per heavy atom. The molecule has 0 saturated heterocycles. The van der Waals surface area contributed by atoms with E-state index in [1.165, 1.54) is 24.3 Å². The van der Waals surface area contributed by atoms with E-state index in [0.717, 1.165) is 0 Å². The van der Waals surface area contributed by atoms with Gasteiger partial charge in [-0.15, -0.1) is 0 Å². The Bertz CT molecular complexity index is 2760. The summed E-state index contributed by atoms with van der Waals surface area (Å²) < 4.78 is 134. The van der Waals surface area contributed by atoms with E-state index in [9.17, 15) is 61.5 Å². The van der Waals surface area contributed by atoms with E-state index in [1.807, 2.05) is 37.2 Å². The van der Waals surface area contributed by atoms with E-state index < -0.39 is 74.7 Å². The number of carbonyl (C=O) groups excluding carboxylic acids is 1. The maximum absolute atomic E-state index is 13.8. The van der Waals surface area contributed by atoms with Gasteiger partial charge in [-0.05, 0) is 100 Å². The van der Waals surface area contributed by atoms with Gasteiger partial charge in [-0.25, -0.2) is 0 Å². The summed E-state index contributed by atoms with van der Waals surface area (Å²) >= 11 is 0. The number of unbranched alkanes of at least 4 members (excludes halogenated alkanes) is 5. The van der Waals surface area contributed by atoms with Crippen LogP contribution in [-0.4, -0.2) is 140 Å². The second-order valence-corrected chi connectivity index (χ2v) is 22.9. The van der Waals surface area contributed by atoms with Gasteiger partial charge in [0.15, 0.2) is 5.71 Å². The SMILES string of the molecule is CC1(C)C(/C=C/C=C(/C=C/C=C2/N(CCCCS(=O)(=O)O)c3ccc(S(=O)(=O)O)cc3C2(C)C)C(=O)NCCCCCCC(=O)O)=[N+](CCCCS(=O)(=O)O)c2ccc(S(=O)(=O)O)cc21.[NaH]. The van der Waals surface area contributed by atoms with Crippen LogP contribution in [0.5, 0.6) is 0 Å². The van der Waals surface area contributed by atoms with Crippen LogP contribution in [0.15, 0.2) is 93.9 Å². The third kappa shape index (κ3) is 15.8. The third-order valence-corrected chi connectivity index (χ3v) is 14.6. The molecule has 23 heteroatoms. The topological polar surface area (TPSA) is 290 Å². The molecule has 2 aromatic carbocycles.